The van der Waals surface area contributed by atoms with Crippen LogP contribution in [0.4, 0.5) is 0 Å². The zero-order valence-electron chi connectivity index (χ0n) is 17.8. The first-order chi connectivity index (χ1) is 11.6. The predicted molar refractivity (Wildman–Crippen MR) is 107 cm³/mol. The van der Waals surface area contributed by atoms with E-state index >= 15 is 0 Å². The Morgan fingerprint density at radius 1 is 0.880 bits per heavy atom. The SMILES string of the molecule is CC(C)(C)OC1CCN(CCCCCCCCC(=O)C(C)(C)C)CC1. The van der Waals surface area contributed by atoms with Crippen LogP contribution in [0.2, 0.25) is 0 Å². The molecule has 0 amide bonds. The van der Waals surface area contributed by atoms with Gasteiger partial charge in [-0.3, -0.25) is 4.79 Å². The third kappa shape index (κ3) is 11.0. The summed E-state index contributed by atoms with van der Waals surface area (Å²) in [4.78, 5) is 14.5. The van der Waals surface area contributed by atoms with Crippen LogP contribution in [0.1, 0.15) is 99.3 Å². The summed E-state index contributed by atoms with van der Waals surface area (Å²) in [6.07, 6.45) is 11.1. The molecule has 0 aromatic carbocycles. The molecular weight excluding hydrogens is 310 g/mol. The highest BCUT2D eigenvalue weighted by Gasteiger charge is 2.23. The van der Waals surface area contributed by atoms with E-state index in [0.29, 0.717) is 11.9 Å². The van der Waals surface area contributed by atoms with E-state index < -0.39 is 0 Å². The Balaban J connectivity index is 1.95. The number of ether oxygens (including phenoxy) is 1. The molecule has 0 bridgehead atoms. The Bertz CT molecular complexity index is 370. The van der Waals surface area contributed by atoms with E-state index in [1.165, 1.54) is 64.6 Å². The van der Waals surface area contributed by atoms with Gasteiger partial charge >= 0.3 is 0 Å². The number of ketones is 1. The second kappa shape index (κ2) is 10.7. The molecule has 0 spiro atoms. The van der Waals surface area contributed by atoms with E-state index in [4.69, 9.17) is 4.74 Å². The first-order valence-corrected chi connectivity index (χ1v) is 10.5. The zero-order valence-corrected chi connectivity index (χ0v) is 17.8. The highest BCUT2D eigenvalue weighted by molar-refractivity contribution is 5.83. The molecule has 0 aromatic rings. The predicted octanol–water partition coefficient (Wildman–Crippen LogP) is 5.61. The molecule has 1 saturated heterocycles. The number of Topliss-reactive ketones (excluding diaryl/α,β-unsaturated/α-hetero) is 1. The van der Waals surface area contributed by atoms with E-state index in [1.54, 1.807) is 0 Å². The van der Waals surface area contributed by atoms with E-state index in [2.05, 4.69) is 25.7 Å². The highest BCUT2D eigenvalue weighted by Crippen LogP contribution is 2.21. The maximum absolute atomic E-state index is 11.9. The van der Waals surface area contributed by atoms with Crippen LogP contribution < -0.4 is 0 Å². The maximum Gasteiger partial charge on any atom is 0.138 e. The van der Waals surface area contributed by atoms with Gasteiger partial charge in [0.2, 0.25) is 0 Å². The first-order valence-electron chi connectivity index (χ1n) is 10.5. The lowest BCUT2D eigenvalue weighted by Gasteiger charge is -2.35. The van der Waals surface area contributed by atoms with Gasteiger partial charge in [0.15, 0.2) is 0 Å². The summed E-state index contributed by atoms with van der Waals surface area (Å²) in [5.74, 6) is 0.409. The van der Waals surface area contributed by atoms with E-state index in [0.717, 1.165) is 12.8 Å². The summed E-state index contributed by atoms with van der Waals surface area (Å²) >= 11 is 0. The quantitative estimate of drug-likeness (QED) is 0.478. The Morgan fingerprint density at radius 2 is 1.40 bits per heavy atom. The molecule has 0 N–H and O–H groups in total. The maximum atomic E-state index is 11.9. The molecule has 3 nitrogen and oxygen atoms in total. The Morgan fingerprint density at radius 3 is 1.92 bits per heavy atom. The summed E-state index contributed by atoms with van der Waals surface area (Å²) < 4.78 is 6.09. The Labute approximate surface area is 156 Å². The van der Waals surface area contributed by atoms with E-state index in [-0.39, 0.29) is 11.0 Å². The highest BCUT2D eigenvalue weighted by atomic mass is 16.5. The molecule has 148 valence electrons. The van der Waals surface area contributed by atoms with Gasteiger partial charge in [-0.2, -0.15) is 0 Å². The summed E-state index contributed by atoms with van der Waals surface area (Å²) in [6, 6.07) is 0. The minimum absolute atomic E-state index is 0.00959. The number of hydrogen-bond donors (Lipinski definition) is 0. The van der Waals surface area contributed by atoms with Gasteiger partial charge in [-0.05, 0) is 53.0 Å². The monoisotopic (exact) mass is 353 g/mol. The molecular formula is C22H43NO2. The van der Waals surface area contributed by atoms with Crippen molar-refractivity contribution in [2.45, 2.75) is 111 Å². The van der Waals surface area contributed by atoms with Gasteiger partial charge in [-0.1, -0.05) is 46.5 Å². The fraction of sp³-hybridized carbons (Fsp3) is 0.955. The summed E-state index contributed by atoms with van der Waals surface area (Å²) in [7, 11) is 0. The summed E-state index contributed by atoms with van der Waals surface area (Å²) in [5, 5.41) is 0. The molecule has 1 rings (SSSR count). The van der Waals surface area contributed by atoms with Crippen molar-refractivity contribution in [2.75, 3.05) is 19.6 Å². The Hall–Kier alpha value is -0.410. The molecule has 1 heterocycles. The van der Waals surface area contributed by atoms with Crippen molar-refractivity contribution in [1.82, 2.24) is 4.90 Å². The minimum atomic E-state index is -0.161. The van der Waals surface area contributed by atoms with Gasteiger partial charge in [0.1, 0.15) is 5.78 Å². The molecule has 0 saturated carbocycles. The fourth-order valence-corrected chi connectivity index (χ4v) is 3.45. The molecule has 0 aliphatic carbocycles. The van der Waals surface area contributed by atoms with Crippen molar-refractivity contribution in [1.29, 1.82) is 0 Å². The molecule has 0 radical (unpaired) electrons. The van der Waals surface area contributed by atoms with Crippen LogP contribution in [0.5, 0.6) is 0 Å². The molecule has 0 atom stereocenters. The van der Waals surface area contributed by atoms with Crippen LogP contribution in [-0.4, -0.2) is 42.0 Å². The number of unbranched alkanes of at least 4 members (excludes halogenated alkanes) is 5. The average Bonchev–Trinajstić information content (AvgIpc) is 2.48. The van der Waals surface area contributed by atoms with Gasteiger partial charge in [-0.15, -0.1) is 0 Å². The van der Waals surface area contributed by atoms with Crippen LogP contribution in [0, 0.1) is 5.41 Å². The topological polar surface area (TPSA) is 29.5 Å². The number of rotatable bonds is 10. The number of nitrogens with zero attached hydrogens (tertiary/aromatic N) is 1. The van der Waals surface area contributed by atoms with Crippen LogP contribution in [0.25, 0.3) is 0 Å². The van der Waals surface area contributed by atoms with Crippen molar-refractivity contribution >= 4 is 5.78 Å². The van der Waals surface area contributed by atoms with Crippen LogP contribution in [0.15, 0.2) is 0 Å². The number of hydrogen-bond acceptors (Lipinski definition) is 3. The average molecular weight is 354 g/mol. The third-order valence-corrected chi connectivity index (χ3v) is 5.02. The number of carbonyl (C=O) groups is 1. The van der Waals surface area contributed by atoms with Gasteiger partial charge in [0.05, 0.1) is 11.7 Å². The van der Waals surface area contributed by atoms with Crippen LogP contribution in [0.3, 0.4) is 0 Å². The second-order valence-electron chi connectivity index (χ2n) is 9.82. The molecule has 1 aliphatic rings. The lowest BCUT2D eigenvalue weighted by molar-refractivity contribution is -0.126. The van der Waals surface area contributed by atoms with Crippen molar-refractivity contribution in [3.05, 3.63) is 0 Å². The lowest BCUT2D eigenvalue weighted by Crippen LogP contribution is -2.40. The van der Waals surface area contributed by atoms with Gasteiger partial charge in [-0.25, -0.2) is 0 Å². The van der Waals surface area contributed by atoms with Crippen LogP contribution >= 0.6 is 0 Å². The molecule has 0 unspecified atom stereocenters. The van der Waals surface area contributed by atoms with Crippen molar-refractivity contribution in [3.8, 4) is 0 Å². The van der Waals surface area contributed by atoms with E-state index in [9.17, 15) is 4.79 Å². The van der Waals surface area contributed by atoms with Crippen LogP contribution in [-0.2, 0) is 9.53 Å². The number of likely N-dealkylation sites (tertiary alicyclic amines) is 1. The standard InChI is InChI=1S/C22H43NO2/c1-21(2,3)20(24)13-11-9-7-8-10-12-16-23-17-14-19(15-18-23)25-22(4,5)6/h19H,7-18H2,1-6H3. The van der Waals surface area contributed by atoms with Gasteiger partial charge in [0.25, 0.3) is 0 Å². The normalized spacial score (nSPS) is 17.8. The lowest BCUT2D eigenvalue weighted by atomic mass is 9.88. The fourth-order valence-electron chi connectivity index (χ4n) is 3.45. The molecule has 1 aliphatic heterocycles. The second-order valence-corrected chi connectivity index (χ2v) is 9.82. The molecule has 1 fully saturated rings. The minimum Gasteiger partial charge on any atom is -0.373 e. The number of piperidine rings is 1. The van der Waals surface area contributed by atoms with Crippen molar-refractivity contribution in [3.63, 3.8) is 0 Å². The van der Waals surface area contributed by atoms with E-state index in [1.807, 2.05) is 20.8 Å². The smallest absolute Gasteiger partial charge is 0.138 e. The van der Waals surface area contributed by atoms with Crippen molar-refractivity contribution in [2.24, 2.45) is 5.41 Å². The Kier molecular flexibility index (Phi) is 9.66. The molecule has 3 heteroatoms. The first kappa shape index (κ1) is 22.6. The molecule has 0 aromatic heterocycles. The van der Waals surface area contributed by atoms with Crippen molar-refractivity contribution < 1.29 is 9.53 Å². The zero-order chi connectivity index (χ0) is 18.9. The van der Waals surface area contributed by atoms with Gasteiger partial charge in [0, 0.05) is 24.9 Å². The summed E-state index contributed by atoms with van der Waals surface area (Å²) in [6.45, 7) is 16.1. The molecule has 25 heavy (non-hydrogen) atoms. The number of carbonyl (C=O) groups excluding carboxylic acids is 1. The largest absolute Gasteiger partial charge is 0.373 e. The van der Waals surface area contributed by atoms with Gasteiger partial charge < -0.3 is 9.64 Å². The third-order valence-electron chi connectivity index (χ3n) is 5.02. The summed E-state index contributed by atoms with van der Waals surface area (Å²) in [5.41, 5.74) is -0.171.